The van der Waals surface area contributed by atoms with E-state index in [1.54, 1.807) is 7.05 Å². The van der Waals surface area contributed by atoms with Crippen molar-refractivity contribution < 1.29 is 9.47 Å². The van der Waals surface area contributed by atoms with Gasteiger partial charge < -0.3 is 20.1 Å². The van der Waals surface area contributed by atoms with Crippen LogP contribution in [-0.2, 0) is 0 Å². The maximum Gasteiger partial charge on any atom is 0.322 e. The highest BCUT2D eigenvalue weighted by Gasteiger charge is 2.05. The summed E-state index contributed by atoms with van der Waals surface area (Å²) in [5, 5.41) is 5.92. The molecule has 2 N–H and O–H groups in total. The third-order valence-electron chi connectivity index (χ3n) is 2.66. The number of nitrogens with one attached hydrogen (secondary N) is 2. The molecule has 0 bridgehead atoms. The lowest BCUT2D eigenvalue weighted by Crippen LogP contribution is -2.14. The number of ether oxygens (including phenoxy) is 2. The van der Waals surface area contributed by atoms with Crippen LogP contribution in [-0.4, -0.2) is 42.3 Å². The number of aromatic nitrogens is 3. The number of nitrogens with zero attached hydrogens (tertiary/aromatic N) is 3. The monoisotopic (exact) mass is 289 g/mol. The standard InChI is InChI=1S/C14H19N5O2/c1-10-5-4-6-11(9-10)21-8-7-16-13-17-12(15-2)18-14(19-13)20-3/h4-6,9H,7-8H2,1-3H3,(H2,15,16,17,18,19). The molecule has 0 saturated carbocycles. The van der Waals surface area contributed by atoms with E-state index in [2.05, 4.69) is 25.6 Å². The fourth-order valence-corrected chi connectivity index (χ4v) is 1.68. The van der Waals surface area contributed by atoms with Crippen molar-refractivity contribution in [2.24, 2.45) is 0 Å². The van der Waals surface area contributed by atoms with Crippen molar-refractivity contribution in [2.75, 3.05) is 37.9 Å². The van der Waals surface area contributed by atoms with Crippen LogP contribution in [0.3, 0.4) is 0 Å². The van der Waals surface area contributed by atoms with Crippen LogP contribution >= 0.6 is 0 Å². The summed E-state index contributed by atoms with van der Waals surface area (Å²) < 4.78 is 10.7. The van der Waals surface area contributed by atoms with E-state index in [1.165, 1.54) is 12.7 Å². The van der Waals surface area contributed by atoms with Gasteiger partial charge in [-0.3, -0.25) is 0 Å². The number of methoxy groups -OCH3 is 1. The number of anilines is 2. The number of hydrogen-bond donors (Lipinski definition) is 2. The van der Waals surface area contributed by atoms with Crippen molar-refractivity contribution in [3.8, 4) is 11.8 Å². The van der Waals surface area contributed by atoms with Crippen LogP contribution in [0.25, 0.3) is 0 Å². The normalized spacial score (nSPS) is 10.0. The van der Waals surface area contributed by atoms with Crippen molar-refractivity contribution in [3.63, 3.8) is 0 Å². The highest BCUT2D eigenvalue weighted by Crippen LogP contribution is 2.12. The Morgan fingerprint density at radius 1 is 1.14 bits per heavy atom. The van der Waals surface area contributed by atoms with Crippen molar-refractivity contribution in [2.45, 2.75) is 6.92 Å². The quantitative estimate of drug-likeness (QED) is 0.751. The van der Waals surface area contributed by atoms with Gasteiger partial charge in [-0.2, -0.15) is 15.0 Å². The van der Waals surface area contributed by atoms with E-state index in [4.69, 9.17) is 9.47 Å². The molecule has 0 amide bonds. The zero-order chi connectivity index (χ0) is 15.1. The van der Waals surface area contributed by atoms with Gasteiger partial charge in [-0.25, -0.2) is 0 Å². The Hall–Kier alpha value is -2.57. The lowest BCUT2D eigenvalue weighted by Gasteiger charge is -2.09. The molecule has 0 aliphatic heterocycles. The molecule has 0 aliphatic rings. The molecule has 7 nitrogen and oxygen atoms in total. The highest BCUT2D eigenvalue weighted by molar-refractivity contribution is 5.35. The first kappa shape index (κ1) is 14.8. The summed E-state index contributed by atoms with van der Waals surface area (Å²) in [5.74, 6) is 1.74. The van der Waals surface area contributed by atoms with Gasteiger partial charge in [0.15, 0.2) is 0 Å². The molecule has 0 spiro atoms. The molecule has 0 atom stereocenters. The van der Waals surface area contributed by atoms with Crippen LogP contribution < -0.4 is 20.1 Å². The first-order valence-corrected chi connectivity index (χ1v) is 6.62. The minimum Gasteiger partial charge on any atom is -0.492 e. The first-order chi connectivity index (χ1) is 10.2. The molecule has 1 heterocycles. The molecule has 1 aromatic heterocycles. The van der Waals surface area contributed by atoms with Crippen molar-refractivity contribution in [1.82, 2.24) is 15.0 Å². The zero-order valence-electron chi connectivity index (χ0n) is 12.4. The molecule has 1 aromatic carbocycles. The van der Waals surface area contributed by atoms with E-state index >= 15 is 0 Å². The van der Waals surface area contributed by atoms with E-state index in [-0.39, 0.29) is 6.01 Å². The fraction of sp³-hybridized carbons (Fsp3) is 0.357. The van der Waals surface area contributed by atoms with Crippen LogP contribution in [0.4, 0.5) is 11.9 Å². The highest BCUT2D eigenvalue weighted by atomic mass is 16.5. The Bertz CT molecular complexity index is 569. The average molecular weight is 289 g/mol. The van der Waals surface area contributed by atoms with Crippen LogP contribution in [0.2, 0.25) is 0 Å². The van der Waals surface area contributed by atoms with Gasteiger partial charge in [0.2, 0.25) is 11.9 Å². The smallest absolute Gasteiger partial charge is 0.322 e. The second-order valence-corrected chi connectivity index (χ2v) is 4.31. The Balaban J connectivity index is 1.85. The van der Waals surface area contributed by atoms with Crippen molar-refractivity contribution >= 4 is 11.9 Å². The van der Waals surface area contributed by atoms with Crippen LogP contribution in [0.5, 0.6) is 11.8 Å². The average Bonchev–Trinajstić information content (AvgIpc) is 2.51. The summed E-state index contributed by atoms with van der Waals surface area (Å²) >= 11 is 0. The molecular weight excluding hydrogens is 270 g/mol. The minimum atomic E-state index is 0.261. The Labute approximate surface area is 123 Å². The topological polar surface area (TPSA) is 81.2 Å². The van der Waals surface area contributed by atoms with E-state index in [1.807, 2.05) is 31.2 Å². The van der Waals surface area contributed by atoms with Crippen LogP contribution in [0.15, 0.2) is 24.3 Å². The second-order valence-electron chi connectivity index (χ2n) is 4.31. The number of rotatable bonds is 7. The molecule has 7 heteroatoms. The molecule has 0 saturated heterocycles. The summed E-state index contributed by atoms with van der Waals surface area (Å²) in [4.78, 5) is 12.3. The SMILES string of the molecule is CNc1nc(NCCOc2cccc(C)c2)nc(OC)n1. The number of aryl methyl sites for hydroxylation is 1. The Morgan fingerprint density at radius 2 is 1.95 bits per heavy atom. The first-order valence-electron chi connectivity index (χ1n) is 6.62. The van der Waals surface area contributed by atoms with E-state index in [9.17, 15) is 0 Å². The van der Waals surface area contributed by atoms with E-state index in [0.29, 0.717) is 25.0 Å². The van der Waals surface area contributed by atoms with Gasteiger partial charge >= 0.3 is 6.01 Å². The molecule has 0 unspecified atom stereocenters. The summed E-state index contributed by atoms with van der Waals surface area (Å²) in [6.45, 7) is 3.11. The predicted molar refractivity (Wildman–Crippen MR) is 81.1 cm³/mol. The number of hydrogen-bond acceptors (Lipinski definition) is 7. The molecule has 2 aromatic rings. The van der Waals surface area contributed by atoms with E-state index in [0.717, 1.165) is 5.75 Å². The zero-order valence-corrected chi connectivity index (χ0v) is 12.4. The lowest BCUT2D eigenvalue weighted by atomic mass is 10.2. The molecule has 0 radical (unpaired) electrons. The number of benzene rings is 1. The van der Waals surface area contributed by atoms with Gasteiger partial charge in [-0.15, -0.1) is 0 Å². The molecule has 0 aliphatic carbocycles. The minimum absolute atomic E-state index is 0.261. The van der Waals surface area contributed by atoms with Gasteiger partial charge in [0.1, 0.15) is 12.4 Å². The third kappa shape index (κ3) is 4.48. The summed E-state index contributed by atoms with van der Waals surface area (Å²) in [7, 11) is 3.25. The van der Waals surface area contributed by atoms with E-state index < -0.39 is 0 Å². The second kappa shape index (κ2) is 7.28. The maximum atomic E-state index is 5.64. The van der Waals surface area contributed by atoms with Gasteiger partial charge in [0.25, 0.3) is 0 Å². The Kier molecular flexibility index (Phi) is 5.14. The molecular formula is C14H19N5O2. The molecule has 0 fully saturated rings. The van der Waals surface area contributed by atoms with Gasteiger partial charge in [0.05, 0.1) is 13.7 Å². The van der Waals surface area contributed by atoms with Gasteiger partial charge in [-0.1, -0.05) is 12.1 Å². The lowest BCUT2D eigenvalue weighted by molar-refractivity contribution is 0.332. The fourth-order valence-electron chi connectivity index (χ4n) is 1.68. The van der Waals surface area contributed by atoms with Crippen LogP contribution in [0.1, 0.15) is 5.56 Å². The van der Waals surface area contributed by atoms with Gasteiger partial charge in [0, 0.05) is 7.05 Å². The third-order valence-corrected chi connectivity index (χ3v) is 2.66. The molecule has 21 heavy (non-hydrogen) atoms. The largest absolute Gasteiger partial charge is 0.492 e. The summed E-state index contributed by atoms with van der Waals surface area (Å²) in [6.07, 6.45) is 0. The molecule has 112 valence electrons. The summed E-state index contributed by atoms with van der Waals surface area (Å²) in [6, 6.07) is 8.18. The van der Waals surface area contributed by atoms with Gasteiger partial charge in [-0.05, 0) is 24.6 Å². The van der Waals surface area contributed by atoms with Crippen molar-refractivity contribution in [1.29, 1.82) is 0 Å². The maximum absolute atomic E-state index is 5.64. The molecule has 2 rings (SSSR count). The predicted octanol–water partition coefficient (Wildman–Crippen LogP) is 1.72. The summed E-state index contributed by atoms with van der Waals surface area (Å²) in [5.41, 5.74) is 1.17. The Morgan fingerprint density at radius 3 is 2.67 bits per heavy atom. The van der Waals surface area contributed by atoms with Crippen LogP contribution in [0, 0.1) is 6.92 Å². The van der Waals surface area contributed by atoms with Crippen molar-refractivity contribution in [3.05, 3.63) is 29.8 Å².